The van der Waals surface area contributed by atoms with Gasteiger partial charge in [0.15, 0.2) is 0 Å². The highest BCUT2D eigenvalue weighted by Gasteiger charge is 1.97. The number of pyridine rings is 1. The monoisotopic (exact) mass is 182 g/mol. The highest BCUT2D eigenvalue weighted by Crippen LogP contribution is 2.06. The third-order valence-electron chi connectivity index (χ3n) is 1.28. The average Bonchev–Trinajstić information content (AvgIpc) is 2.67. The van der Waals surface area contributed by atoms with E-state index in [0.29, 0.717) is 4.57 Å². The Morgan fingerprint density at radius 1 is 1.54 bits per heavy atom. The molecule has 0 aromatic carbocycles. The molecule has 0 aliphatic rings. The fourth-order valence-corrected chi connectivity index (χ4v) is 0.754. The molecule has 0 bridgehead atoms. The molecule has 2 heterocycles. The fourth-order valence-electron chi connectivity index (χ4n) is 0.754. The van der Waals surface area contributed by atoms with Crippen LogP contribution < -0.4 is 5.73 Å². The van der Waals surface area contributed by atoms with Crippen molar-refractivity contribution in [2.24, 2.45) is 0 Å². The van der Waals surface area contributed by atoms with Crippen LogP contribution in [0.2, 0.25) is 0 Å². The van der Waals surface area contributed by atoms with E-state index in [1.807, 2.05) is 0 Å². The van der Waals surface area contributed by atoms with Gasteiger partial charge in [-0.15, -0.1) is 0 Å². The van der Waals surface area contributed by atoms with Gasteiger partial charge in [-0.3, -0.25) is 4.57 Å². The number of anilines is 1. The molecule has 2 aromatic rings. The maximum Gasteiger partial charge on any atom is 0.137 e. The van der Waals surface area contributed by atoms with Crippen LogP contribution in [0.4, 0.5) is 5.69 Å². The van der Waals surface area contributed by atoms with Crippen LogP contribution in [0.3, 0.4) is 0 Å². The van der Waals surface area contributed by atoms with Gasteiger partial charge in [-0.25, -0.2) is 9.97 Å². The van der Waals surface area contributed by atoms with Crippen LogP contribution in [-0.2, 0) is 0 Å². The van der Waals surface area contributed by atoms with Gasteiger partial charge < -0.3 is 5.73 Å². The Labute approximate surface area is 87.3 Å². The van der Waals surface area contributed by atoms with Gasteiger partial charge in [-0.1, -0.05) is 0 Å². The largest absolute Gasteiger partial charge is 0.397 e. The standard InChI is InChI=1S/C9H10N4/c1-7-5-13(6-12-7)9-3-2-8(10)4-11-9/h2-6H,10H2,1H3/i1D3,2D,3D,4D,5D,6D. The summed E-state index contributed by atoms with van der Waals surface area (Å²) >= 11 is 0. The third-order valence-corrected chi connectivity index (χ3v) is 1.28. The van der Waals surface area contributed by atoms with Gasteiger partial charge in [0.2, 0.25) is 0 Å². The molecule has 0 atom stereocenters. The summed E-state index contributed by atoms with van der Waals surface area (Å²) in [7, 11) is 0. The second kappa shape index (κ2) is 2.90. The number of aryl methyl sites for hydroxylation is 1. The molecule has 0 amide bonds. The summed E-state index contributed by atoms with van der Waals surface area (Å²) in [6, 6.07) is -0.993. The van der Waals surface area contributed by atoms with E-state index in [9.17, 15) is 0 Å². The zero-order valence-corrected chi connectivity index (χ0v) is 6.42. The first kappa shape index (κ1) is 2.83. The number of imidazole rings is 1. The van der Waals surface area contributed by atoms with E-state index >= 15 is 0 Å². The molecule has 4 nitrogen and oxygen atoms in total. The molecule has 0 radical (unpaired) electrons. The summed E-state index contributed by atoms with van der Waals surface area (Å²) < 4.78 is 60.8. The molecule has 4 heteroatoms. The highest BCUT2D eigenvalue weighted by atomic mass is 15.1. The first-order valence-corrected chi connectivity index (χ1v) is 3.35. The lowest BCUT2D eigenvalue weighted by Crippen LogP contribution is -1.94. The lowest BCUT2D eigenvalue weighted by atomic mass is 10.4. The molecule has 0 fully saturated rings. The summed E-state index contributed by atoms with van der Waals surface area (Å²) in [4.78, 5) is 7.14. The Kier molecular flexibility index (Phi) is 0.631. The number of hydrogen-bond donors (Lipinski definition) is 1. The van der Waals surface area contributed by atoms with Crippen molar-refractivity contribution >= 4 is 5.69 Å². The van der Waals surface area contributed by atoms with Crippen LogP contribution in [0.25, 0.3) is 5.82 Å². The van der Waals surface area contributed by atoms with Crippen molar-refractivity contribution in [1.82, 2.24) is 14.5 Å². The Hall–Kier alpha value is -1.84. The number of aromatic nitrogens is 3. The van der Waals surface area contributed by atoms with E-state index in [-0.39, 0.29) is 5.69 Å². The normalized spacial score (nSPS) is 20.0. The SMILES string of the molecule is [2H]c1nc(-n2c([2H])nc(C([2H])([2H])[2H])c2[2H])c([2H])c([2H])c1N. The van der Waals surface area contributed by atoms with E-state index in [2.05, 4.69) is 9.97 Å². The molecular formula is C9H10N4. The number of nitrogens with zero attached hydrogens (tertiary/aromatic N) is 3. The molecule has 0 saturated heterocycles. The molecule has 2 rings (SSSR count). The van der Waals surface area contributed by atoms with Crippen LogP contribution in [-0.4, -0.2) is 14.5 Å². The van der Waals surface area contributed by atoms with Crippen molar-refractivity contribution in [2.75, 3.05) is 5.73 Å². The van der Waals surface area contributed by atoms with Crippen molar-refractivity contribution in [1.29, 1.82) is 0 Å². The molecule has 0 aliphatic carbocycles. The minimum absolute atomic E-state index is 0.307. The van der Waals surface area contributed by atoms with Gasteiger partial charge in [-0.05, 0) is 18.9 Å². The maximum absolute atomic E-state index is 7.80. The lowest BCUT2D eigenvalue weighted by Gasteiger charge is -1.99. The Morgan fingerprint density at radius 2 is 2.46 bits per heavy atom. The van der Waals surface area contributed by atoms with Crippen LogP contribution in [0.15, 0.2) is 30.7 Å². The molecule has 13 heavy (non-hydrogen) atoms. The van der Waals surface area contributed by atoms with Gasteiger partial charge in [0.25, 0.3) is 0 Å². The van der Waals surface area contributed by atoms with Crippen molar-refractivity contribution in [3.63, 3.8) is 0 Å². The number of rotatable bonds is 1. The topological polar surface area (TPSA) is 56.7 Å². The lowest BCUT2D eigenvalue weighted by molar-refractivity contribution is 0.994. The summed E-state index contributed by atoms with van der Waals surface area (Å²) in [5, 5.41) is 0. The molecule has 0 unspecified atom stereocenters. The number of hydrogen-bond acceptors (Lipinski definition) is 3. The van der Waals surface area contributed by atoms with E-state index in [1.165, 1.54) is 0 Å². The number of nitrogen functional groups attached to an aromatic ring is 1. The first-order valence-electron chi connectivity index (χ1n) is 7.35. The van der Waals surface area contributed by atoms with E-state index in [4.69, 9.17) is 16.7 Å². The molecule has 0 saturated carbocycles. The quantitative estimate of drug-likeness (QED) is 0.720. The van der Waals surface area contributed by atoms with Crippen LogP contribution in [0, 0.1) is 6.85 Å². The van der Waals surface area contributed by atoms with Crippen LogP contribution in [0.5, 0.6) is 0 Å². The Bertz CT molecular complexity index is 720. The zero-order valence-electron chi connectivity index (χ0n) is 14.4. The van der Waals surface area contributed by atoms with Gasteiger partial charge in [-0.2, -0.15) is 0 Å². The second-order valence-electron chi connectivity index (χ2n) is 2.22. The van der Waals surface area contributed by atoms with Crippen LogP contribution in [0.1, 0.15) is 16.7 Å². The predicted octanol–water partition coefficient (Wildman–Crippen LogP) is 1.16. The van der Waals surface area contributed by atoms with Gasteiger partial charge >= 0.3 is 0 Å². The molecule has 0 aliphatic heterocycles. The van der Waals surface area contributed by atoms with Gasteiger partial charge in [0.1, 0.15) is 13.5 Å². The summed E-state index contributed by atoms with van der Waals surface area (Å²) in [5.41, 5.74) is 4.50. The van der Waals surface area contributed by atoms with Gasteiger partial charge in [0, 0.05) is 10.3 Å². The third kappa shape index (κ3) is 1.51. The molecule has 66 valence electrons. The second-order valence-corrected chi connectivity index (χ2v) is 2.22. The van der Waals surface area contributed by atoms with E-state index < -0.39 is 49.1 Å². The maximum atomic E-state index is 7.80. The van der Waals surface area contributed by atoms with Crippen LogP contribution >= 0.6 is 0 Å². The van der Waals surface area contributed by atoms with Gasteiger partial charge in [0.05, 0.1) is 23.0 Å². The Balaban J connectivity index is 2.78. The Morgan fingerprint density at radius 3 is 3.23 bits per heavy atom. The molecular weight excluding hydrogens is 164 g/mol. The molecule has 2 N–H and O–H groups in total. The molecule has 0 spiro atoms. The summed E-state index contributed by atoms with van der Waals surface area (Å²) in [6.45, 7) is -2.69. The van der Waals surface area contributed by atoms with E-state index in [0.717, 1.165) is 0 Å². The van der Waals surface area contributed by atoms with Crippen molar-refractivity contribution < 1.29 is 11.0 Å². The number of nitrogens with two attached hydrogens (primary N) is 1. The predicted molar refractivity (Wildman–Crippen MR) is 50.5 cm³/mol. The van der Waals surface area contributed by atoms with Crippen molar-refractivity contribution in [2.45, 2.75) is 6.85 Å². The highest BCUT2D eigenvalue weighted by molar-refractivity contribution is 5.38. The van der Waals surface area contributed by atoms with Crippen molar-refractivity contribution in [3.05, 3.63) is 36.4 Å². The van der Waals surface area contributed by atoms with E-state index in [1.54, 1.807) is 0 Å². The van der Waals surface area contributed by atoms with Crippen molar-refractivity contribution in [3.8, 4) is 5.82 Å². The first-order chi connectivity index (χ1) is 9.55. The smallest absolute Gasteiger partial charge is 0.137 e. The zero-order chi connectivity index (χ0) is 16.1. The molecule has 2 aromatic heterocycles. The minimum atomic E-state index is -2.69. The average molecular weight is 182 g/mol. The summed E-state index contributed by atoms with van der Waals surface area (Å²) in [6.07, 6.45) is -1.74. The summed E-state index contributed by atoms with van der Waals surface area (Å²) in [5.74, 6) is -0.391. The fraction of sp³-hybridized carbons (Fsp3) is 0.111. The minimum Gasteiger partial charge on any atom is -0.397 e.